The molecule has 2 aromatic carbocycles. The van der Waals surface area contributed by atoms with Crippen LogP contribution in [0, 0.1) is 0 Å². The first kappa shape index (κ1) is 38.3. The number of piperidine rings is 3. The molecule has 1 unspecified atom stereocenters. The smallest absolute Gasteiger partial charge is 0.405 e. The van der Waals surface area contributed by atoms with Crippen LogP contribution in [0.15, 0.2) is 65.8 Å². The van der Waals surface area contributed by atoms with Crippen molar-refractivity contribution in [3.63, 3.8) is 0 Å². The number of hydrogen-bond acceptors (Lipinski definition) is 8. The van der Waals surface area contributed by atoms with E-state index in [0.29, 0.717) is 66.5 Å². The second kappa shape index (κ2) is 15.3. The Hall–Kier alpha value is -4.96. The van der Waals surface area contributed by atoms with Crippen LogP contribution in [-0.2, 0) is 29.4 Å². The summed E-state index contributed by atoms with van der Waals surface area (Å²) in [5, 5.41) is 5.96. The molecule has 4 aromatic rings. The highest BCUT2D eigenvalue weighted by molar-refractivity contribution is 6.01. The third-order valence-electron chi connectivity index (χ3n) is 11.0. The fourth-order valence-corrected chi connectivity index (χ4v) is 8.15. The molecule has 0 aliphatic carbocycles. The van der Waals surface area contributed by atoms with Gasteiger partial charge in [-0.25, -0.2) is 0 Å². The number of nitrogens with zero attached hydrogens (tertiary/aromatic N) is 4. The van der Waals surface area contributed by atoms with Crippen molar-refractivity contribution in [2.24, 2.45) is 7.05 Å². The lowest BCUT2D eigenvalue weighted by molar-refractivity contribution is -0.275. The lowest BCUT2D eigenvalue weighted by Crippen LogP contribution is -2.47. The number of aromatic nitrogens is 2. The van der Waals surface area contributed by atoms with Gasteiger partial charge in [0.05, 0.1) is 10.9 Å². The van der Waals surface area contributed by atoms with Crippen LogP contribution < -0.4 is 20.9 Å². The van der Waals surface area contributed by atoms with Crippen molar-refractivity contribution in [3.05, 3.63) is 88.1 Å². The maximum Gasteiger partial charge on any atom is 0.573 e. The number of benzene rings is 2. The maximum atomic E-state index is 14.3. The van der Waals surface area contributed by atoms with Gasteiger partial charge >= 0.3 is 12.5 Å². The SMILES string of the molecule is Cn1cc(-c2ccc(CN3CCC(N4CCC(c5ccc(NC6CCC(=O)NC6=O)cc5C(F)(F)F)CC4)CC3)c(OC(F)(F)F)c2)c2ccncc2c1=O. The second-order valence-corrected chi connectivity index (χ2v) is 14.5. The molecule has 2 N–H and O–H groups in total. The van der Waals surface area contributed by atoms with Crippen LogP contribution in [0.1, 0.15) is 61.1 Å². The number of amides is 2. The van der Waals surface area contributed by atoms with E-state index in [1.54, 1.807) is 37.5 Å². The van der Waals surface area contributed by atoms with Crippen LogP contribution in [0.25, 0.3) is 21.9 Å². The quantitative estimate of drug-likeness (QED) is 0.153. The zero-order chi connectivity index (χ0) is 39.1. The largest absolute Gasteiger partial charge is 0.573 e. The zero-order valence-electron chi connectivity index (χ0n) is 30.0. The van der Waals surface area contributed by atoms with E-state index in [1.807, 2.05) is 0 Å². The number of halogens is 6. The van der Waals surface area contributed by atoms with Gasteiger partial charge in [0.1, 0.15) is 11.8 Å². The van der Waals surface area contributed by atoms with E-state index in [9.17, 15) is 40.7 Å². The third-order valence-corrected chi connectivity index (χ3v) is 11.0. The molecule has 0 spiro atoms. The summed E-state index contributed by atoms with van der Waals surface area (Å²) in [6.45, 7) is 2.70. The predicted molar refractivity (Wildman–Crippen MR) is 192 cm³/mol. The van der Waals surface area contributed by atoms with Crippen molar-refractivity contribution in [3.8, 4) is 16.9 Å². The maximum absolute atomic E-state index is 14.3. The Bertz CT molecular complexity index is 2140. The van der Waals surface area contributed by atoms with Crippen molar-refractivity contribution >= 4 is 28.3 Å². The number of nitrogens with one attached hydrogen (secondary N) is 2. The highest BCUT2D eigenvalue weighted by Crippen LogP contribution is 2.41. The van der Waals surface area contributed by atoms with Gasteiger partial charge < -0.3 is 19.5 Å². The number of ether oxygens (including phenoxy) is 1. The molecule has 5 heterocycles. The lowest BCUT2D eigenvalue weighted by atomic mass is 9.85. The minimum Gasteiger partial charge on any atom is -0.405 e. The van der Waals surface area contributed by atoms with E-state index in [4.69, 9.17) is 0 Å². The average molecular weight is 771 g/mol. The summed E-state index contributed by atoms with van der Waals surface area (Å²) in [4.78, 5) is 44.7. The summed E-state index contributed by atoms with van der Waals surface area (Å²) in [6, 6.07) is 9.84. The molecular weight excluding hydrogens is 730 g/mol. The molecule has 3 aliphatic rings. The Morgan fingerprint density at radius 3 is 2.33 bits per heavy atom. The molecule has 0 saturated carbocycles. The number of fused-ring (bicyclic) bond motifs is 1. The van der Waals surface area contributed by atoms with Gasteiger partial charge in [-0.1, -0.05) is 18.2 Å². The molecule has 0 radical (unpaired) electrons. The normalized spacial score (nSPS) is 19.8. The minimum atomic E-state index is -4.92. The van der Waals surface area contributed by atoms with Gasteiger partial charge in [-0.15, -0.1) is 13.2 Å². The zero-order valence-corrected chi connectivity index (χ0v) is 30.0. The number of carbonyl (C=O) groups excluding carboxylic acids is 2. The van der Waals surface area contributed by atoms with Crippen molar-refractivity contribution in [1.82, 2.24) is 24.7 Å². The summed E-state index contributed by atoms with van der Waals surface area (Å²) in [5.41, 5.74) is 0.772. The Balaban J connectivity index is 0.984. The number of aryl methyl sites for hydroxylation is 1. The Kier molecular flexibility index (Phi) is 10.7. The molecule has 10 nitrogen and oxygen atoms in total. The van der Waals surface area contributed by atoms with Crippen LogP contribution in [0.3, 0.4) is 0 Å². The fourth-order valence-electron chi connectivity index (χ4n) is 8.15. The van der Waals surface area contributed by atoms with Crippen LogP contribution in [0.4, 0.5) is 32.0 Å². The number of carbonyl (C=O) groups is 2. The van der Waals surface area contributed by atoms with E-state index < -0.39 is 36.0 Å². The van der Waals surface area contributed by atoms with E-state index in [-0.39, 0.29) is 53.9 Å². The Labute approximate surface area is 312 Å². The van der Waals surface area contributed by atoms with E-state index >= 15 is 0 Å². The lowest BCUT2D eigenvalue weighted by Gasteiger charge is -2.42. The van der Waals surface area contributed by atoms with E-state index in [1.165, 1.54) is 29.1 Å². The number of anilines is 1. The van der Waals surface area contributed by atoms with Gasteiger partial charge in [-0.3, -0.25) is 29.6 Å². The molecule has 1 atom stereocenters. The first-order valence-electron chi connectivity index (χ1n) is 18.2. The second-order valence-electron chi connectivity index (χ2n) is 14.5. The summed E-state index contributed by atoms with van der Waals surface area (Å²) in [6.07, 6.45) is -2.09. The fraction of sp³-hybridized carbons (Fsp3) is 0.436. The topological polar surface area (TPSA) is 109 Å². The van der Waals surface area contributed by atoms with Gasteiger partial charge in [0, 0.05) is 61.5 Å². The molecular formula is C39H40F6N6O4. The minimum absolute atomic E-state index is 0.105. The summed E-state index contributed by atoms with van der Waals surface area (Å²) < 4.78 is 89.7. The van der Waals surface area contributed by atoms with Crippen LogP contribution in [0.2, 0.25) is 0 Å². The average Bonchev–Trinajstić information content (AvgIpc) is 3.14. The molecule has 2 aromatic heterocycles. The number of hydrogen-bond donors (Lipinski definition) is 2. The number of likely N-dealkylation sites (tertiary alicyclic amines) is 2. The predicted octanol–water partition coefficient (Wildman–Crippen LogP) is 6.58. The number of imide groups is 1. The first-order chi connectivity index (χ1) is 26.1. The molecule has 55 heavy (non-hydrogen) atoms. The third kappa shape index (κ3) is 8.64. The Morgan fingerprint density at radius 1 is 0.891 bits per heavy atom. The van der Waals surface area contributed by atoms with Crippen LogP contribution >= 0.6 is 0 Å². The van der Waals surface area contributed by atoms with Crippen LogP contribution in [0.5, 0.6) is 5.75 Å². The van der Waals surface area contributed by atoms with Crippen molar-refractivity contribution < 1.29 is 40.7 Å². The van der Waals surface area contributed by atoms with Crippen molar-refractivity contribution in [2.45, 2.75) is 75.6 Å². The molecule has 0 bridgehead atoms. The van der Waals surface area contributed by atoms with Gasteiger partial charge in [0.25, 0.3) is 5.56 Å². The summed E-state index contributed by atoms with van der Waals surface area (Å²) >= 11 is 0. The number of alkyl halides is 6. The monoisotopic (exact) mass is 770 g/mol. The van der Waals surface area contributed by atoms with Gasteiger partial charge in [-0.05, 0) is 105 Å². The number of rotatable bonds is 8. The standard InChI is InChI=1S/C39H40F6N6O4/c1-49-22-31(29-8-13-46-20-30(29)37(49)54)24-2-3-25(34(18-24)55-39(43,44)45)21-50-14-11-27(12-15-50)51-16-9-23(10-17-51)28-5-4-26(19-32(28)38(40,41)42)47-33-6-7-35(52)48-36(33)53/h2-5,8,13,18-20,22-23,27,33,47H,6-7,9-12,14-17,21H2,1H3,(H,48,52,53). The van der Waals surface area contributed by atoms with Gasteiger partial charge in [-0.2, -0.15) is 13.2 Å². The van der Waals surface area contributed by atoms with Gasteiger partial charge in [0.15, 0.2) is 0 Å². The van der Waals surface area contributed by atoms with Crippen molar-refractivity contribution in [2.75, 3.05) is 31.5 Å². The molecule has 3 saturated heterocycles. The summed E-state index contributed by atoms with van der Waals surface area (Å²) in [5.74, 6) is -1.59. The molecule has 2 amide bonds. The molecule has 7 rings (SSSR count). The molecule has 292 valence electrons. The first-order valence-corrected chi connectivity index (χ1v) is 18.2. The highest BCUT2D eigenvalue weighted by Gasteiger charge is 2.38. The van der Waals surface area contributed by atoms with Crippen molar-refractivity contribution in [1.29, 1.82) is 0 Å². The Morgan fingerprint density at radius 2 is 1.64 bits per heavy atom. The number of pyridine rings is 2. The molecule has 3 aliphatic heterocycles. The van der Waals surface area contributed by atoms with E-state index in [0.717, 1.165) is 18.9 Å². The van der Waals surface area contributed by atoms with Gasteiger partial charge in [0.2, 0.25) is 11.8 Å². The molecule has 16 heteroatoms. The highest BCUT2D eigenvalue weighted by atomic mass is 19.4. The molecule has 3 fully saturated rings. The van der Waals surface area contributed by atoms with Crippen LogP contribution in [-0.4, -0.2) is 75.8 Å². The van der Waals surface area contributed by atoms with E-state index in [2.05, 4.69) is 30.2 Å². The summed E-state index contributed by atoms with van der Waals surface area (Å²) in [7, 11) is 1.57.